The van der Waals surface area contributed by atoms with Gasteiger partial charge in [-0.25, -0.2) is 0 Å². The van der Waals surface area contributed by atoms with Crippen LogP contribution in [0.4, 0.5) is 0 Å². The third-order valence-electron chi connectivity index (χ3n) is 1.85. The highest BCUT2D eigenvalue weighted by molar-refractivity contribution is 14.1. The largest absolute Gasteiger partial charge is 0.142 e. The number of hydrogen-bond acceptors (Lipinski definition) is 2. The Labute approximate surface area is 94.5 Å². The highest BCUT2D eigenvalue weighted by Crippen LogP contribution is 2.33. The summed E-state index contributed by atoms with van der Waals surface area (Å²) in [6, 6.07) is 4.29. The number of halogens is 1. The minimum Gasteiger partial charge on any atom is -0.142 e. The maximum atomic E-state index is 4.39. The fourth-order valence-electron chi connectivity index (χ4n) is 1.15. The van der Waals surface area contributed by atoms with Crippen LogP contribution in [-0.2, 0) is 0 Å². The SMILES string of the molecule is Cc1ccc2c(S)csc2c1I. The number of benzene rings is 1. The molecule has 0 saturated carbocycles. The first kappa shape index (κ1) is 8.84. The van der Waals surface area contributed by atoms with Gasteiger partial charge >= 0.3 is 0 Å². The van der Waals surface area contributed by atoms with Crippen molar-refractivity contribution in [2.24, 2.45) is 0 Å². The summed E-state index contributed by atoms with van der Waals surface area (Å²) in [5, 5.41) is 3.37. The van der Waals surface area contributed by atoms with E-state index >= 15 is 0 Å². The zero-order valence-corrected chi connectivity index (χ0v) is 10.3. The van der Waals surface area contributed by atoms with Crippen LogP contribution < -0.4 is 0 Å². The quantitative estimate of drug-likeness (QED) is 0.550. The van der Waals surface area contributed by atoms with Gasteiger partial charge in [0.15, 0.2) is 0 Å². The van der Waals surface area contributed by atoms with Crippen molar-refractivity contribution in [1.82, 2.24) is 0 Å². The monoisotopic (exact) mass is 306 g/mol. The Bertz CT molecular complexity index is 431. The molecule has 2 aromatic rings. The van der Waals surface area contributed by atoms with Crippen LogP contribution in [0.3, 0.4) is 0 Å². The molecule has 0 atom stereocenters. The highest BCUT2D eigenvalue weighted by Gasteiger charge is 2.05. The van der Waals surface area contributed by atoms with Crippen molar-refractivity contribution in [3.8, 4) is 0 Å². The van der Waals surface area contributed by atoms with E-state index in [0.717, 1.165) is 4.90 Å². The summed E-state index contributed by atoms with van der Waals surface area (Å²) in [6.45, 7) is 2.14. The third kappa shape index (κ3) is 1.28. The molecule has 0 aliphatic rings. The predicted octanol–water partition coefficient (Wildman–Crippen LogP) is 4.10. The molecular formula is C9H7IS2. The van der Waals surface area contributed by atoms with E-state index in [-0.39, 0.29) is 0 Å². The summed E-state index contributed by atoms with van der Waals surface area (Å²) in [5.74, 6) is 0. The molecule has 0 fully saturated rings. The Morgan fingerprint density at radius 2 is 2.17 bits per heavy atom. The van der Waals surface area contributed by atoms with Gasteiger partial charge in [-0.05, 0) is 35.1 Å². The van der Waals surface area contributed by atoms with Crippen LogP contribution in [0.5, 0.6) is 0 Å². The van der Waals surface area contributed by atoms with E-state index in [1.807, 2.05) is 0 Å². The molecule has 1 aromatic carbocycles. The molecule has 1 heterocycles. The lowest BCUT2D eigenvalue weighted by Crippen LogP contribution is -1.78. The number of thiophene rings is 1. The Kier molecular flexibility index (Phi) is 2.35. The summed E-state index contributed by atoms with van der Waals surface area (Å²) in [6.07, 6.45) is 0. The molecule has 0 unspecified atom stereocenters. The number of aryl methyl sites for hydroxylation is 1. The van der Waals surface area contributed by atoms with E-state index in [2.05, 4.69) is 59.7 Å². The van der Waals surface area contributed by atoms with Crippen molar-refractivity contribution in [2.75, 3.05) is 0 Å². The second-order valence-corrected chi connectivity index (χ2v) is 5.13. The number of fused-ring (bicyclic) bond motifs is 1. The van der Waals surface area contributed by atoms with Crippen molar-refractivity contribution in [3.63, 3.8) is 0 Å². The lowest BCUT2D eigenvalue weighted by Gasteiger charge is -1.98. The molecule has 0 aliphatic carbocycles. The highest BCUT2D eigenvalue weighted by atomic mass is 127. The van der Waals surface area contributed by atoms with Gasteiger partial charge in [0, 0.05) is 23.9 Å². The second-order valence-electron chi connectivity index (χ2n) is 2.69. The molecule has 0 spiro atoms. The molecule has 62 valence electrons. The first-order valence-electron chi connectivity index (χ1n) is 3.55. The van der Waals surface area contributed by atoms with Gasteiger partial charge in [0.05, 0.1) is 0 Å². The topological polar surface area (TPSA) is 0 Å². The number of hydrogen-bond donors (Lipinski definition) is 1. The third-order valence-corrected chi connectivity index (χ3v) is 5.17. The van der Waals surface area contributed by atoms with Gasteiger partial charge in [-0.15, -0.1) is 24.0 Å². The van der Waals surface area contributed by atoms with Crippen LogP contribution in [0.2, 0.25) is 0 Å². The van der Waals surface area contributed by atoms with E-state index in [1.54, 1.807) is 11.3 Å². The molecule has 3 heteroatoms. The molecule has 0 nitrogen and oxygen atoms in total. The molecule has 0 amide bonds. The second kappa shape index (κ2) is 3.20. The molecule has 0 N–H and O–H groups in total. The minimum atomic E-state index is 1.09. The Morgan fingerprint density at radius 1 is 1.42 bits per heavy atom. The summed E-state index contributed by atoms with van der Waals surface area (Å²) in [5.41, 5.74) is 1.35. The summed E-state index contributed by atoms with van der Waals surface area (Å²) in [7, 11) is 0. The summed E-state index contributed by atoms with van der Waals surface area (Å²) in [4.78, 5) is 1.09. The van der Waals surface area contributed by atoms with Crippen molar-refractivity contribution in [2.45, 2.75) is 11.8 Å². The molecule has 0 aliphatic heterocycles. The average molecular weight is 306 g/mol. The van der Waals surface area contributed by atoms with Gasteiger partial charge in [-0.1, -0.05) is 12.1 Å². The van der Waals surface area contributed by atoms with Crippen molar-refractivity contribution < 1.29 is 0 Å². The predicted molar refractivity (Wildman–Crippen MR) is 66.5 cm³/mol. The molecule has 0 saturated heterocycles. The Morgan fingerprint density at radius 3 is 2.92 bits per heavy atom. The molecular weight excluding hydrogens is 299 g/mol. The fraction of sp³-hybridized carbons (Fsp3) is 0.111. The van der Waals surface area contributed by atoms with Gasteiger partial charge < -0.3 is 0 Å². The number of rotatable bonds is 0. The van der Waals surface area contributed by atoms with Crippen molar-refractivity contribution in [1.29, 1.82) is 0 Å². The lowest BCUT2D eigenvalue weighted by molar-refractivity contribution is 1.47. The van der Waals surface area contributed by atoms with Crippen LogP contribution in [0.25, 0.3) is 10.1 Å². The average Bonchev–Trinajstić information content (AvgIpc) is 2.41. The molecule has 1 aromatic heterocycles. The number of thiol groups is 1. The Balaban J connectivity index is 2.93. The van der Waals surface area contributed by atoms with E-state index in [0.29, 0.717) is 0 Å². The van der Waals surface area contributed by atoms with E-state index in [4.69, 9.17) is 0 Å². The zero-order chi connectivity index (χ0) is 8.72. The Hall–Kier alpha value is 0.260. The minimum absolute atomic E-state index is 1.09. The first-order valence-corrected chi connectivity index (χ1v) is 5.96. The van der Waals surface area contributed by atoms with Gasteiger partial charge in [0.2, 0.25) is 0 Å². The molecule has 0 bridgehead atoms. The van der Waals surface area contributed by atoms with Gasteiger partial charge in [0.1, 0.15) is 0 Å². The van der Waals surface area contributed by atoms with Gasteiger partial charge in [-0.2, -0.15) is 0 Å². The van der Waals surface area contributed by atoms with Gasteiger partial charge in [-0.3, -0.25) is 0 Å². The van der Waals surface area contributed by atoms with E-state index in [1.165, 1.54) is 19.2 Å². The smallest absolute Gasteiger partial charge is 0.0490 e. The molecule has 12 heavy (non-hydrogen) atoms. The molecule has 2 rings (SSSR count). The van der Waals surface area contributed by atoms with Crippen LogP contribution in [-0.4, -0.2) is 0 Å². The van der Waals surface area contributed by atoms with Crippen LogP contribution in [0.15, 0.2) is 22.4 Å². The fourth-order valence-corrected chi connectivity index (χ4v) is 3.35. The van der Waals surface area contributed by atoms with E-state index in [9.17, 15) is 0 Å². The van der Waals surface area contributed by atoms with Gasteiger partial charge in [0.25, 0.3) is 0 Å². The summed E-state index contributed by atoms with van der Waals surface area (Å²) >= 11 is 8.55. The van der Waals surface area contributed by atoms with Crippen molar-refractivity contribution >= 4 is 56.6 Å². The standard InChI is InChI=1S/C9H7IS2/c1-5-2-3-6-7(11)4-12-9(6)8(5)10/h2-4,11H,1H3. The van der Waals surface area contributed by atoms with E-state index < -0.39 is 0 Å². The van der Waals surface area contributed by atoms with Crippen LogP contribution in [0, 0.1) is 10.5 Å². The van der Waals surface area contributed by atoms with Crippen molar-refractivity contribution in [3.05, 3.63) is 26.6 Å². The van der Waals surface area contributed by atoms with Crippen LogP contribution in [0.1, 0.15) is 5.56 Å². The lowest BCUT2D eigenvalue weighted by atomic mass is 10.2. The zero-order valence-electron chi connectivity index (χ0n) is 6.47. The van der Waals surface area contributed by atoms with Crippen LogP contribution >= 0.6 is 46.6 Å². The maximum Gasteiger partial charge on any atom is 0.0490 e. The first-order chi connectivity index (χ1) is 5.70. The molecule has 0 radical (unpaired) electrons. The summed E-state index contributed by atoms with van der Waals surface area (Å²) < 4.78 is 2.72. The maximum absolute atomic E-state index is 4.39. The normalized spacial score (nSPS) is 10.9.